The molecule has 0 spiro atoms. The van der Waals surface area contributed by atoms with E-state index in [1.807, 2.05) is 11.3 Å². The first-order valence-corrected chi connectivity index (χ1v) is 23.0. The van der Waals surface area contributed by atoms with Gasteiger partial charge in [0.15, 0.2) is 0 Å². The smallest absolute Gasteiger partial charge is 0.0561 e. The Morgan fingerprint density at radius 2 is 0.646 bits per heavy atom. The van der Waals surface area contributed by atoms with Gasteiger partial charge in [0.2, 0.25) is 0 Å². The minimum Gasteiger partial charge on any atom is -0.310 e. The van der Waals surface area contributed by atoms with Crippen LogP contribution >= 0.6 is 11.3 Å². The van der Waals surface area contributed by atoms with Crippen molar-refractivity contribution in [1.82, 2.24) is 18.3 Å². The van der Waals surface area contributed by atoms with Crippen LogP contribution in [0.5, 0.6) is 0 Å². The molecule has 0 atom stereocenters. The third-order valence-electron chi connectivity index (χ3n) is 13.4. The average molecular weight is 847 g/mol. The van der Waals surface area contributed by atoms with Gasteiger partial charge in [-0.3, -0.25) is 0 Å². The van der Waals surface area contributed by atoms with Gasteiger partial charge in [-0.15, -0.1) is 11.3 Å². The van der Waals surface area contributed by atoms with Gasteiger partial charge < -0.3 is 18.3 Å². The summed E-state index contributed by atoms with van der Waals surface area (Å²) in [6, 6.07) is 85.0. The van der Waals surface area contributed by atoms with Gasteiger partial charge in [0.25, 0.3) is 0 Å². The molecule has 304 valence electrons. The third-order valence-corrected chi connectivity index (χ3v) is 14.5. The zero-order valence-corrected chi connectivity index (χ0v) is 36.0. The van der Waals surface area contributed by atoms with E-state index in [1.165, 1.54) is 63.8 Å². The molecule has 0 unspecified atom stereocenters. The van der Waals surface area contributed by atoms with E-state index < -0.39 is 0 Å². The van der Waals surface area contributed by atoms with E-state index >= 15 is 0 Å². The number of thiophene rings is 1. The van der Waals surface area contributed by atoms with Gasteiger partial charge in [-0.25, -0.2) is 0 Å². The topological polar surface area (TPSA) is 19.7 Å². The van der Waals surface area contributed by atoms with Crippen LogP contribution in [0.15, 0.2) is 231 Å². The van der Waals surface area contributed by atoms with Gasteiger partial charge in [-0.05, 0) is 132 Å². The summed E-state index contributed by atoms with van der Waals surface area (Å²) < 4.78 is 12.2. The maximum Gasteiger partial charge on any atom is 0.0561 e. The molecular weight excluding hydrogens is 809 g/mol. The van der Waals surface area contributed by atoms with Crippen molar-refractivity contribution < 1.29 is 0 Å². The summed E-state index contributed by atoms with van der Waals surface area (Å²) in [5.41, 5.74) is 13.7. The molecule has 0 saturated carbocycles. The normalized spacial score (nSPS) is 12.0. The molecule has 65 heavy (non-hydrogen) atoms. The zero-order valence-electron chi connectivity index (χ0n) is 35.1. The fraction of sp³-hybridized carbons (Fsp3) is 0. The van der Waals surface area contributed by atoms with Crippen molar-refractivity contribution >= 4 is 108 Å². The highest BCUT2D eigenvalue weighted by atomic mass is 32.1. The highest BCUT2D eigenvalue weighted by Crippen LogP contribution is 2.39. The Balaban J connectivity index is 1.08. The zero-order chi connectivity index (χ0) is 42.6. The molecule has 0 aliphatic carbocycles. The minimum absolute atomic E-state index is 1.10. The van der Waals surface area contributed by atoms with Crippen LogP contribution in [-0.4, -0.2) is 18.3 Å². The van der Waals surface area contributed by atoms with Crippen molar-refractivity contribution in [3.8, 4) is 22.7 Å². The average Bonchev–Trinajstić information content (AvgIpc) is 4.01. The van der Waals surface area contributed by atoms with Crippen LogP contribution in [0.4, 0.5) is 0 Å². The molecule has 0 amide bonds. The van der Waals surface area contributed by atoms with Crippen molar-refractivity contribution in [3.05, 3.63) is 231 Å². The second kappa shape index (κ2) is 14.1. The standard InChI is InChI=1S/C60H38N4S/c1-3-15-41(16-4-1)63-55-23-9-7-21-49(55)51-29-25-47(37-57(51)63)61-43-19-11-13-39(33-43)40-14-12-20-44(34-40)62(46-28-32-60-54(36-46)53-35-45(61)27-31-59(53)65-60)48-26-30-52-50-22-8-10-24-56(50)64(58(52)38-48)42-17-5-2-6-18-42/h1-38H. The Morgan fingerprint density at radius 1 is 0.231 bits per heavy atom. The lowest BCUT2D eigenvalue weighted by Gasteiger charge is -2.15. The SMILES string of the molecule is c1ccc(-n2c3ccccc3c3ccc(-n4c5cccc(c5)c5cccc(c5)n(-c5ccc6c7ccccc7n(-c7ccccc7)c6c5)c5ccc6sc7ccc4cc7c6c5)cc32)cc1. The molecular formula is C60H38N4S. The fourth-order valence-corrected chi connectivity index (χ4v) is 11.5. The van der Waals surface area contributed by atoms with E-state index in [1.54, 1.807) is 0 Å². The Labute approximate surface area is 377 Å². The molecule has 0 fully saturated rings. The molecule has 0 aliphatic rings. The first kappa shape index (κ1) is 36.1. The van der Waals surface area contributed by atoms with E-state index in [0.717, 1.165) is 55.6 Å². The highest BCUT2D eigenvalue weighted by Gasteiger charge is 2.17. The van der Waals surface area contributed by atoms with Gasteiger partial charge in [0.1, 0.15) is 0 Å². The summed E-state index contributed by atoms with van der Waals surface area (Å²) in [5, 5.41) is 9.75. The van der Waals surface area contributed by atoms with Crippen LogP contribution in [0, 0.1) is 0 Å². The monoisotopic (exact) mass is 846 g/mol. The number of hydrogen-bond acceptors (Lipinski definition) is 1. The summed E-state index contributed by atoms with van der Waals surface area (Å²) in [7, 11) is 0. The van der Waals surface area contributed by atoms with E-state index in [9.17, 15) is 0 Å². The number of para-hydroxylation sites is 4. The van der Waals surface area contributed by atoms with Crippen molar-refractivity contribution in [2.75, 3.05) is 0 Å². The van der Waals surface area contributed by atoms with Gasteiger partial charge in [0.05, 0.1) is 22.1 Å². The summed E-state index contributed by atoms with van der Waals surface area (Å²) in [6.45, 7) is 0. The second-order valence-electron chi connectivity index (χ2n) is 17.0. The molecule has 0 saturated heterocycles. The molecule has 4 aromatic heterocycles. The van der Waals surface area contributed by atoms with E-state index in [2.05, 4.69) is 249 Å². The number of fused-ring (bicyclic) bond motifs is 13. The first-order chi connectivity index (χ1) is 32.2. The van der Waals surface area contributed by atoms with E-state index in [0.29, 0.717) is 0 Å². The molecule has 4 nitrogen and oxygen atoms in total. The summed E-state index contributed by atoms with van der Waals surface area (Å²) in [6.07, 6.45) is 0. The highest BCUT2D eigenvalue weighted by molar-refractivity contribution is 7.25. The van der Waals surface area contributed by atoms with Crippen LogP contribution in [0.1, 0.15) is 0 Å². The Bertz CT molecular complexity index is 4020. The quantitative estimate of drug-likeness (QED) is 0.168. The van der Waals surface area contributed by atoms with Gasteiger partial charge in [-0.1, -0.05) is 109 Å². The Morgan fingerprint density at radius 3 is 1.12 bits per heavy atom. The molecule has 0 radical (unpaired) electrons. The lowest BCUT2D eigenvalue weighted by molar-refractivity contribution is 1.14. The third kappa shape index (κ3) is 5.56. The molecule has 14 aromatic rings. The molecule has 10 aromatic carbocycles. The molecule has 4 heterocycles. The maximum absolute atomic E-state index is 2.44. The largest absolute Gasteiger partial charge is 0.310 e. The maximum atomic E-state index is 2.44. The predicted octanol–water partition coefficient (Wildman–Crippen LogP) is 16.4. The molecule has 8 bridgehead atoms. The van der Waals surface area contributed by atoms with Gasteiger partial charge in [0, 0.05) is 86.5 Å². The van der Waals surface area contributed by atoms with Crippen LogP contribution in [0.2, 0.25) is 0 Å². The van der Waals surface area contributed by atoms with Crippen LogP contribution in [0.25, 0.3) is 119 Å². The van der Waals surface area contributed by atoms with Crippen molar-refractivity contribution in [2.24, 2.45) is 0 Å². The molecule has 0 aliphatic heterocycles. The lowest BCUT2D eigenvalue weighted by Crippen LogP contribution is -1.99. The predicted molar refractivity (Wildman–Crippen MR) is 277 cm³/mol. The molecule has 0 N–H and O–H groups in total. The molecule has 5 heteroatoms. The summed E-state index contributed by atoms with van der Waals surface area (Å²) in [4.78, 5) is 0. The van der Waals surface area contributed by atoms with Gasteiger partial charge in [-0.2, -0.15) is 0 Å². The van der Waals surface area contributed by atoms with Crippen LogP contribution in [-0.2, 0) is 0 Å². The van der Waals surface area contributed by atoms with Crippen LogP contribution in [0.3, 0.4) is 0 Å². The first-order valence-electron chi connectivity index (χ1n) is 22.2. The molecule has 14 rings (SSSR count). The van der Waals surface area contributed by atoms with E-state index in [-0.39, 0.29) is 0 Å². The lowest BCUT2D eigenvalue weighted by atomic mass is 10.1. The van der Waals surface area contributed by atoms with E-state index in [4.69, 9.17) is 0 Å². The fourth-order valence-electron chi connectivity index (χ4n) is 10.5. The number of nitrogens with zero attached hydrogens (tertiary/aromatic N) is 4. The van der Waals surface area contributed by atoms with Crippen molar-refractivity contribution in [1.29, 1.82) is 0 Å². The summed E-state index contributed by atoms with van der Waals surface area (Å²) >= 11 is 1.86. The van der Waals surface area contributed by atoms with Crippen LogP contribution < -0.4 is 0 Å². The number of hydrogen-bond donors (Lipinski definition) is 0. The number of aromatic nitrogens is 4. The Kier molecular flexibility index (Phi) is 7.82. The Hall–Kier alpha value is -8.38. The number of rotatable bonds is 4. The van der Waals surface area contributed by atoms with Crippen molar-refractivity contribution in [2.45, 2.75) is 0 Å². The van der Waals surface area contributed by atoms with Crippen molar-refractivity contribution in [3.63, 3.8) is 0 Å². The number of benzene rings is 10. The summed E-state index contributed by atoms with van der Waals surface area (Å²) in [5.74, 6) is 0. The minimum atomic E-state index is 1.10. The second-order valence-corrected chi connectivity index (χ2v) is 18.1. The van der Waals surface area contributed by atoms with Gasteiger partial charge >= 0.3 is 0 Å².